The maximum Gasteiger partial charge on any atom is 0.328 e. The highest BCUT2D eigenvalue weighted by Gasteiger charge is 2.15. The molecule has 4 nitrogen and oxygen atoms in total. The van der Waals surface area contributed by atoms with Crippen LogP contribution in [0.3, 0.4) is 0 Å². The van der Waals surface area contributed by atoms with Gasteiger partial charge in [0.15, 0.2) is 0 Å². The van der Waals surface area contributed by atoms with Crippen molar-refractivity contribution in [1.82, 2.24) is 9.13 Å². The summed E-state index contributed by atoms with van der Waals surface area (Å²) in [6, 6.07) is 7.34. The summed E-state index contributed by atoms with van der Waals surface area (Å²) in [5.41, 5.74) is 3.12. The fourth-order valence-corrected chi connectivity index (χ4v) is 3.27. The maximum absolute atomic E-state index is 12.5. The maximum atomic E-state index is 12.5. The summed E-state index contributed by atoms with van der Waals surface area (Å²) in [6.07, 6.45) is 0. The van der Waals surface area contributed by atoms with Gasteiger partial charge in [0.2, 0.25) is 5.78 Å². The number of aryl methyl sites for hydroxylation is 3. The lowest BCUT2D eigenvalue weighted by Gasteiger charge is -2.02. The number of benzene rings is 1. The Morgan fingerprint density at radius 3 is 2.45 bits per heavy atom. The molecule has 0 spiro atoms. The number of carbonyl (C=O) groups is 1. The summed E-state index contributed by atoms with van der Waals surface area (Å²) < 4.78 is 3.15. The van der Waals surface area contributed by atoms with Crippen LogP contribution in [-0.2, 0) is 14.1 Å². The number of ketones is 1. The van der Waals surface area contributed by atoms with Crippen molar-refractivity contribution in [1.29, 1.82) is 0 Å². The first-order valence-electron chi connectivity index (χ1n) is 6.25. The van der Waals surface area contributed by atoms with Crippen LogP contribution >= 0.6 is 11.3 Å². The number of imidazole rings is 1. The average molecular weight is 286 g/mol. The van der Waals surface area contributed by atoms with Crippen LogP contribution in [0.25, 0.3) is 11.0 Å². The minimum absolute atomic E-state index is 0.00991. The lowest BCUT2D eigenvalue weighted by atomic mass is 10.1. The molecule has 102 valence electrons. The first-order valence-corrected chi connectivity index (χ1v) is 7.13. The Morgan fingerprint density at radius 2 is 1.80 bits per heavy atom. The minimum atomic E-state index is -0.0862. The third-order valence-electron chi connectivity index (χ3n) is 3.60. The molecule has 0 saturated heterocycles. The van der Waals surface area contributed by atoms with Gasteiger partial charge >= 0.3 is 5.69 Å². The van der Waals surface area contributed by atoms with E-state index >= 15 is 0 Å². The Kier molecular flexibility index (Phi) is 2.87. The van der Waals surface area contributed by atoms with E-state index in [0.29, 0.717) is 5.56 Å². The Morgan fingerprint density at radius 1 is 1.10 bits per heavy atom. The van der Waals surface area contributed by atoms with Crippen LogP contribution in [0.4, 0.5) is 0 Å². The largest absolute Gasteiger partial charge is 0.328 e. The van der Waals surface area contributed by atoms with E-state index in [1.807, 2.05) is 24.4 Å². The standard InChI is InChI=1S/C15H14N2O2S/c1-9-6-7-20-14(9)13(18)10-4-5-11-12(8-10)17(3)15(19)16(11)2/h4-8H,1-3H3. The molecule has 3 rings (SSSR count). The van der Waals surface area contributed by atoms with Gasteiger partial charge in [0, 0.05) is 19.7 Å². The zero-order valence-electron chi connectivity index (χ0n) is 11.5. The van der Waals surface area contributed by atoms with Gasteiger partial charge in [-0.1, -0.05) is 0 Å². The highest BCUT2D eigenvalue weighted by Crippen LogP contribution is 2.22. The number of hydrogen-bond acceptors (Lipinski definition) is 3. The Hall–Kier alpha value is -2.14. The van der Waals surface area contributed by atoms with Crippen molar-refractivity contribution in [2.45, 2.75) is 6.92 Å². The van der Waals surface area contributed by atoms with Gasteiger partial charge in [-0.3, -0.25) is 13.9 Å². The summed E-state index contributed by atoms with van der Waals surface area (Å²) in [6.45, 7) is 1.93. The van der Waals surface area contributed by atoms with E-state index < -0.39 is 0 Å². The molecule has 0 aliphatic carbocycles. The third kappa shape index (κ3) is 1.74. The van der Waals surface area contributed by atoms with Gasteiger partial charge in [-0.15, -0.1) is 11.3 Å². The number of rotatable bonds is 2. The molecule has 0 aliphatic heterocycles. The summed E-state index contributed by atoms with van der Waals surface area (Å²) in [7, 11) is 3.45. The third-order valence-corrected chi connectivity index (χ3v) is 4.62. The molecule has 0 aliphatic rings. The molecule has 0 atom stereocenters. The van der Waals surface area contributed by atoms with Gasteiger partial charge in [-0.25, -0.2) is 4.79 Å². The molecule has 0 radical (unpaired) electrons. The lowest BCUT2D eigenvalue weighted by molar-refractivity contribution is 0.104. The van der Waals surface area contributed by atoms with Crippen LogP contribution in [0.2, 0.25) is 0 Å². The molecular formula is C15H14N2O2S. The van der Waals surface area contributed by atoms with Crippen LogP contribution in [0, 0.1) is 6.92 Å². The predicted molar refractivity (Wildman–Crippen MR) is 80.6 cm³/mol. The monoisotopic (exact) mass is 286 g/mol. The van der Waals surface area contributed by atoms with E-state index in [-0.39, 0.29) is 11.5 Å². The first kappa shape index (κ1) is 12.9. The molecule has 0 unspecified atom stereocenters. The molecule has 0 N–H and O–H groups in total. The normalized spacial score (nSPS) is 11.2. The number of thiophene rings is 1. The van der Waals surface area contributed by atoms with Crippen molar-refractivity contribution in [2.24, 2.45) is 14.1 Å². The molecule has 0 fully saturated rings. The van der Waals surface area contributed by atoms with E-state index in [1.165, 1.54) is 11.3 Å². The lowest BCUT2D eigenvalue weighted by Crippen LogP contribution is -2.19. The first-order chi connectivity index (χ1) is 9.50. The molecule has 3 aromatic rings. The summed E-state index contributed by atoms with van der Waals surface area (Å²) in [4.78, 5) is 25.1. The molecule has 20 heavy (non-hydrogen) atoms. The van der Waals surface area contributed by atoms with Crippen LogP contribution < -0.4 is 5.69 Å². The van der Waals surface area contributed by atoms with Crippen molar-refractivity contribution in [3.8, 4) is 0 Å². The Bertz CT molecular complexity index is 883. The molecule has 2 heterocycles. The van der Waals surface area contributed by atoms with E-state index in [1.54, 1.807) is 35.4 Å². The minimum Gasteiger partial charge on any atom is -0.295 e. The van der Waals surface area contributed by atoms with E-state index in [0.717, 1.165) is 21.5 Å². The fraction of sp³-hybridized carbons (Fsp3) is 0.200. The van der Waals surface area contributed by atoms with Crippen molar-refractivity contribution in [2.75, 3.05) is 0 Å². The SMILES string of the molecule is Cc1ccsc1C(=O)c1ccc2c(c1)n(C)c(=O)n2C. The van der Waals surface area contributed by atoms with Crippen molar-refractivity contribution < 1.29 is 4.79 Å². The number of carbonyl (C=O) groups excluding carboxylic acids is 1. The smallest absolute Gasteiger partial charge is 0.295 e. The zero-order valence-corrected chi connectivity index (χ0v) is 12.3. The quantitative estimate of drug-likeness (QED) is 0.679. The van der Waals surface area contributed by atoms with Crippen molar-refractivity contribution >= 4 is 28.2 Å². The van der Waals surface area contributed by atoms with Crippen LogP contribution in [0.15, 0.2) is 34.4 Å². The van der Waals surface area contributed by atoms with Gasteiger partial charge in [0.25, 0.3) is 0 Å². The summed E-state index contributed by atoms with van der Waals surface area (Å²) >= 11 is 1.45. The molecule has 0 saturated carbocycles. The van der Waals surface area contributed by atoms with Gasteiger partial charge in [0.1, 0.15) is 0 Å². The fourth-order valence-electron chi connectivity index (χ4n) is 2.38. The van der Waals surface area contributed by atoms with Gasteiger partial charge in [0.05, 0.1) is 15.9 Å². The van der Waals surface area contributed by atoms with Gasteiger partial charge < -0.3 is 0 Å². The molecule has 0 amide bonds. The van der Waals surface area contributed by atoms with Crippen LogP contribution in [0.5, 0.6) is 0 Å². The van der Waals surface area contributed by atoms with E-state index in [4.69, 9.17) is 0 Å². The molecule has 0 bridgehead atoms. The van der Waals surface area contributed by atoms with Crippen molar-refractivity contribution in [3.05, 3.63) is 56.1 Å². The Labute approximate surface area is 119 Å². The van der Waals surface area contributed by atoms with Crippen LogP contribution in [0.1, 0.15) is 20.8 Å². The second kappa shape index (κ2) is 4.45. The average Bonchev–Trinajstić information content (AvgIpc) is 2.97. The Balaban J connectivity index is 2.19. The number of nitrogens with zero attached hydrogens (tertiary/aromatic N) is 2. The highest BCUT2D eigenvalue weighted by atomic mass is 32.1. The van der Waals surface area contributed by atoms with Gasteiger partial charge in [-0.05, 0) is 42.1 Å². The zero-order chi connectivity index (χ0) is 14.4. The number of aromatic nitrogens is 2. The van der Waals surface area contributed by atoms with Crippen LogP contribution in [-0.4, -0.2) is 14.9 Å². The second-order valence-electron chi connectivity index (χ2n) is 4.87. The second-order valence-corrected chi connectivity index (χ2v) is 5.78. The van der Waals surface area contributed by atoms with E-state index in [9.17, 15) is 9.59 Å². The number of hydrogen-bond donors (Lipinski definition) is 0. The molecule has 5 heteroatoms. The summed E-state index contributed by atoms with van der Waals surface area (Å²) in [5.74, 6) is 0.00991. The van der Waals surface area contributed by atoms with Crippen molar-refractivity contribution in [3.63, 3.8) is 0 Å². The predicted octanol–water partition coefficient (Wildman–Crippen LogP) is 2.48. The molecular weight excluding hydrogens is 272 g/mol. The van der Waals surface area contributed by atoms with Gasteiger partial charge in [-0.2, -0.15) is 0 Å². The molecule has 2 aromatic heterocycles. The topological polar surface area (TPSA) is 44.0 Å². The van der Waals surface area contributed by atoms with E-state index in [2.05, 4.69) is 0 Å². The highest BCUT2D eigenvalue weighted by molar-refractivity contribution is 7.12. The summed E-state index contributed by atoms with van der Waals surface area (Å²) in [5, 5.41) is 1.92. The molecule has 1 aromatic carbocycles. The number of fused-ring (bicyclic) bond motifs is 1.